The highest BCUT2D eigenvalue weighted by Gasteiger charge is 2.35. The Kier molecular flexibility index (Phi) is 8.31. The number of oxazole rings is 1. The smallest absolute Gasteiger partial charge is 0.387 e. The van der Waals surface area contributed by atoms with Crippen LogP contribution < -0.4 is 20.5 Å². The number of hydrogen-bond acceptors (Lipinski definition) is 7. The number of amides is 1. The van der Waals surface area contributed by atoms with E-state index in [0.29, 0.717) is 18.1 Å². The van der Waals surface area contributed by atoms with E-state index >= 15 is 0 Å². The number of nitrogens with two attached hydrogens (primary N) is 1. The highest BCUT2D eigenvalue weighted by molar-refractivity contribution is 5.94. The van der Waals surface area contributed by atoms with Gasteiger partial charge in [0.1, 0.15) is 0 Å². The maximum Gasteiger partial charge on any atom is 0.387 e. The summed E-state index contributed by atoms with van der Waals surface area (Å²) in [5.74, 6) is -0.752. The van der Waals surface area contributed by atoms with Crippen molar-refractivity contribution in [3.63, 3.8) is 0 Å². The molecule has 2 fully saturated rings. The Bertz CT molecular complexity index is 1110. The number of aliphatic carboxylic acids is 1. The largest absolute Gasteiger partial charge is 0.489 e. The van der Waals surface area contributed by atoms with Crippen molar-refractivity contribution in [3.8, 4) is 23.0 Å². The van der Waals surface area contributed by atoms with Crippen molar-refractivity contribution in [1.82, 2.24) is 10.3 Å². The van der Waals surface area contributed by atoms with Gasteiger partial charge in [-0.15, -0.1) is 0 Å². The summed E-state index contributed by atoms with van der Waals surface area (Å²) in [6, 6.07) is 3.67. The number of carboxylic acid groups (broad SMARTS) is 1. The molecule has 1 amide bonds. The molecule has 2 aromatic rings. The van der Waals surface area contributed by atoms with E-state index in [2.05, 4.69) is 15.0 Å². The van der Waals surface area contributed by atoms with Gasteiger partial charge in [-0.05, 0) is 62.1 Å². The van der Waals surface area contributed by atoms with Crippen LogP contribution in [0.4, 0.5) is 8.78 Å². The van der Waals surface area contributed by atoms with Crippen LogP contribution >= 0.6 is 0 Å². The van der Waals surface area contributed by atoms with Crippen LogP contribution in [0.25, 0.3) is 11.5 Å². The third kappa shape index (κ3) is 6.97. The molecule has 37 heavy (non-hydrogen) atoms. The Morgan fingerprint density at radius 2 is 1.97 bits per heavy atom. The maximum absolute atomic E-state index is 13.1. The lowest BCUT2D eigenvalue weighted by molar-refractivity contribution is -0.140. The predicted octanol–water partition coefficient (Wildman–Crippen LogP) is 4.91. The summed E-state index contributed by atoms with van der Waals surface area (Å²) in [6.45, 7) is -0.773. The molecule has 0 aliphatic heterocycles. The van der Waals surface area contributed by atoms with Crippen molar-refractivity contribution in [2.45, 2.75) is 70.9 Å². The Balaban J connectivity index is 1.56. The molecule has 0 spiro atoms. The molecule has 2 aliphatic rings. The summed E-state index contributed by atoms with van der Waals surface area (Å²) in [7, 11) is 0. The second-order valence-electron chi connectivity index (χ2n) is 10.1. The second-order valence-corrected chi connectivity index (χ2v) is 10.1. The molecule has 4 N–H and O–H groups in total. The quantitative estimate of drug-likeness (QED) is 0.358. The van der Waals surface area contributed by atoms with Gasteiger partial charge >= 0.3 is 12.6 Å². The van der Waals surface area contributed by atoms with Crippen molar-refractivity contribution in [1.29, 1.82) is 0 Å². The van der Waals surface area contributed by atoms with Crippen LogP contribution in [0, 0.1) is 11.3 Å². The van der Waals surface area contributed by atoms with Gasteiger partial charge in [0.2, 0.25) is 5.89 Å². The SMILES string of the molecule is CC(N)c1oc(-c2ccc(OC(F)F)c(OCC3CC3)c2)nc1C(=O)NCC1(CC(=O)O)CCCCC1. The fourth-order valence-electron chi connectivity index (χ4n) is 4.76. The van der Waals surface area contributed by atoms with E-state index in [-0.39, 0.29) is 41.8 Å². The molecule has 11 heteroatoms. The van der Waals surface area contributed by atoms with Crippen LogP contribution in [0.3, 0.4) is 0 Å². The molecule has 4 rings (SSSR count). The van der Waals surface area contributed by atoms with Crippen molar-refractivity contribution in [2.75, 3.05) is 13.2 Å². The number of nitrogens with zero attached hydrogens (tertiary/aromatic N) is 1. The molecule has 1 aromatic heterocycles. The second kappa shape index (κ2) is 11.5. The topological polar surface area (TPSA) is 137 Å². The number of hydrogen-bond donors (Lipinski definition) is 3. The lowest BCUT2D eigenvalue weighted by Gasteiger charge is -2.36. The van der Waals surface area contributed by atoms with Gasteiger partial charge in [-0.2, -0.15) is 8.78 Å². The van der Waals surface area contributed by atoms with E-state index in [1.807, 2.05) is 0 Å². The molecule has 2 saturated carbocycles. The van der Waals surface area contributed by atoms with Gasteiger partial charge < -0.3 is 30.0 Å². The lowest BCUT2D eigenvalue weighted by atomic mass is 9.71. The summed E-state index contributed by atoms with van der Waals surface area (Å²) < 4.78 is 41.9. The average molecular weight is 522 g/mol. The molecule has 1 atom stereocenters. The average Bonchev–Trinajstić information content (AvgIpc) is 3.56. The molecule has 1 unspecified atom stereocenters. The molecule has 0 bridgehead atoms. The van der Waals surface area contributed by atoms with Gasteiger partial charge in [0.15, 0.2) is 23.0 Å². The standard InChI is InChI=1S/C26H33F2N3O6/c1-15(29)22-21(23(34)30-14-26(12-20(32)33)9-3-2-4-10-26)31-24(37-22)17-7-8-18(36-25(27)28)19(11-17)35-13-16-5-6-16/h7-8,11,15-16,25H,2-6,9-10,12-14,29H2,1H3,(H,30,34)(H,32,33). The molecule has 0 saturated heterocycles. The Morgan fingerprint density at radius 3 is 2.59 bits per heavy atom. The maximum atomic E-state index is 13.1. The van der Waals surface area contributed by atoms with Crippen LogP contribution in [0.15, 0.2) is 22.6 Å². The van der Waals surface area contributed by atoms with Gasteiger partial charge in [-0.3, -0.25) is 9.59 Å². The summed E-state index contributed by atoms with van der Waals surface area (Å²) in [5.41, 5.74) is 5.95. The monoisotopic (exact) mass is 521 g/mol. The van der Waals surface area contributed by atoms with Crippen molar-refractivity contribution in [2.24, 2.45) is 17.1 Å². The van der Waals surface area contributed by atoms with Crippen molar-refractivity contribution < 1.29 is 37.4 Å². The molecule has 202 valence electrons. The minimum absolute atomic E-state index is 0.000333. The van der Waals surface area contributed by atoms with Crippen LogP contribution in [0.5, 0.6) is 11.5 Å². The van der Waals surface area contributed by atoms with E-state index in [0.717, 1.165) is 44.9 Å². The summed E-state index contributed by atoms with van der Waals surface area (Å²) in [5, 5.41) is 12.3. The van der Waals surface area contributed by atoms with E-state index in [1.54, 1.807) is 6.92 Å². The number of rotatable bonds is 12. The zero-order valence-corrected chi connectivity index (χ0v) is 20.8. The molecule has 1 aromatic carbocycles. The van der Waals surface area contributed by atoms with Crippen LogP contribution in [-0.4, -0.2) is 41.7 Å². The molecule has 9 nitrogen and oxygen atoms in total. The summed E-state index contributed by atoms with van der Waals surface area (Å²) in [6.07, 6.45) is 6.35. The first-order valence-corrected chi connectivity index (χ1v) is 12.6. The highest BCUT2D eigenvalue weighted by Crippen LogP contribution is 2.39. The fourth-order valence-corrected chi connectivity index (χ4v) is 4.76. The summed E-state index contributed by atoms with van der Waals surface area (Å²) >= 11 is 0. The normalized spacial score (nSPS) is 17.9. The number of ether oxygens (including phenoxy) is 2. The fraction of sp³-hybridized carbons (Fsp3) is 0.577. The van der Waals surface area contributed by atoms with Gasteiger partial charge in [0, 0.05) is 12.1 Å². The number of carbonyl (C=O) groups excluding carboxylic acids is 1. The van der Waals surface area contributed by atoms with Crippen LogP contribution in [0.2, 0.25) is 0 Å². The van der Waals surface area contributed by atoms with Crippen molar-refractivity contribution in [3.05, 3.63) is 29.7 Å². The first-order valence-electron chi connectivity index (χ1n) is 12.6. The number of aromatic nitrogens is 1. The number of alkyl halides is 2. The number of carboxylic acids is 1. The third-order valence-electron chi connectivity index (χ3n) is 6.92. The lowest BCUT2D eigenvalue weighted by Crippen LogP contribution is -2.40. The Morgan fingerprint density at radius 1 is 1.24 bits per heavy atom. The first-order chi connectivity index (χ1) is 17.7. The van der Waals surface area contributed by atoms with Gasteiger partial charge in [-0.1, -0.05) is 19.3 Å². The number of halogens is 2. The minimum atomic E-state index is -3.01. The number of nitrogens with one attached hydrogen (secondary N) is 1. The highest BCUT2D eigenvalue weighted by atomic mass is 19.3. The summed E-state index contributed by atoms with van der Waals surface area (Å²) in [4.78, 5) is 29.0. The van der Waals surface area contributed by atoms with Crippen LogP contribution in [-0.2, 0) is 4.79 Å². The Hall–Kier alpha value is -3.21. The van der Waals surface area contributed by atoms with E-state index in [9.17, 15) is 23.5 Å². The number of benzene rings is 1. The Labute approximate surface area is 213 Å². The third-order valence-corrected chi connectivity index (χ3v) is 6.92. The first kappa shape index (κ1) is 26.8. The van der Waals surface area contributed by atoms with Crippen molar-refractivity contribution >= 4 is 11.9 Å². The molecule has 2 aliphatic carbocycles. The molecular weight excluding hydrogens is 488 g/mol. The van der Waals surface area contributed by atoms with E-state index < -0.39 is 29.9 Å². The predicted molar refractivity (Wildman–Crippen MR) is 129 cm³/mol. The zero-order valence-electron chi connectivity index (χ0n) is 20.8. The zero-order chi connectivity index (χ0) is 26.6. The van der Waals surface area contributed by atoms with Gasteiger partial charge in [0.25, 0.3) is 5.91 Å². The number of carbonyl (C=O) groups is 2. The minimum Gasteiger partial charge on any atom is -0.489 e. The van der Waals surface area contributed by atoms with E-state index in [1.165, 1.54) is 18.2 Å². The van der Waals surface area contributed by atoms with E-state index in [4.69, 9.17) is 14.9 Å². The van der Waals surface area contributed by atoms with Crippen LogP contribution in [0.1, 0.15) is 80.6 Å². The van der Waals surface area contributed by atoms with Gasteiger partial charge in [0.05, 0.1) is 19.1 Å². The molecule has 0 radical (unpaired) electrons. The molecule has 1 heterocycles. The molecular formula is C26H33F2N3O6. The van der Waals surface area contributed by atoms with Gasteiger partial charge in [-0.25, -0.2) is 4.98 Å².